The third-order valence-electron chi connectivity index (χ3n) is 8.53. The molecule has 4 aliphatic rings. The van der Waals surface area contributed by atoms with Gasteiger partial charge in [-0.25, -0.2) is 0 Å². The van der Waals surface area contributed by atoms with Crippen LogP contribution in [0.1, 0.15) is 45.1 Å². The van der Waals surface area contributed by atoms with Crippen molar-refractivity contribution in [2.24, 2.45) is 23.2 Å². The van der Waals surface area contributed by atoms with Gasteiger partial charge in [0.1, 0.15) is 6.10 Å². The van der Waals surface area contributed by atoms with Gasteiger partial charge in [-0.2, -0.15) is 0 Å². The molecule has 6 atom stereocenters. The Morgan fingerprint density at radius 2 is 2.03 bits per heavy atom. The van der Waals surface area contributed by atoms with Gasteiger partial charge in [-0.1, -0.05) is 55.3 Å². The molecule has 0 bridgehead atoms. The van der Waals surface area contributed by atoms with E-state index in [0.29, 0.717) is 12.5 Å². The zero-order valence-corrected chi connectivity index (χ0v) is 19.1. The molecule has 31 heavy (non-hydrogen) atoms. The number of allylic oxidation sites excluding steroid dienone is 1. The highest BCUT2D eigenvalue weighted by Crippen LogP contribution is 2.56. The van der Waals surface area contributed by atoms with Crippen LogP contribution in [0, 0.1) is 23.2 Å². The molecular formula is C26H32ClNO3. The molecule has 1 aromatic carbocycles. The minimum absolute atomic E-state index is 0.114. The summed E-state index contributed by atoms with van der Waals surface area (Å²) in [5.74, 6) is -0.0773. The summed E-state index contributed by atoms with van der Waals surface area (Å²) >= 11 is 6.02. The van der Waals surface area contributed by atoms with Crippen molar-refractivity contribution < 1.29 is 14.6 Å². The zero-order chi connectivity index (χ0) is 21.8. The molecule has 5 rings (SSSR count). The summed E-state index contributed by atoms with van der Waals surface area (Å²) < 4.78 is 5.83. The van der Waals surface area contributed by atoms with Crippen molar-refractivity contribution in [2.45, 2.75) is 51.7 Å². The van der Waals surface area contributed by atoms with Crippen LogP contribution in [0.5, 0.6) is 0 Å². The van der Waals surface area contributed by atoms with Crippen molar-refractivity contribution >= 4 is 23.1 Å². The van der Waals surface area contributed by atoms with E-state index >= 15 is 0 Å². The van der Waals surface area contributed by atoms with Gasteiger partial charge in [0.25, 0.3) is 0 Å². The molecule has 2 aliphatic heterocycles. The summed E-state index contributed by atoms with van der Waals surface area (Å²) in [6, 6.07) is 7.99. The number of ether oxygens (including phenoxy) is 1. The predicted molar refractivity (Wildman–Crippen MR) is 123 cm³/mol. The van der Waals surface area contributed by atoms with Crippen molar-refractivity contribution in [3.63, 3.8) is 0 Å². The highest BCUT2D eigenvalue weighted by Gasteiger charge is 2.59. The maximum Gasteiger partial charge on any atom is 0.311 e. The van der Waals surface area contributed by atoms with E-state index < -0.39 is 6.10 Å². The van der Waals surface area contributed by atoms with Crippen molar-refractivity contribution in [1.29, 1.82) is 0 Å². The van der Waals surface area contributed by atoms with E-state index in [1.54, 1.807) is 0 Å². The van der Waals surface area contributed by atoms with Crippen molar-refractivity contribution in [2.75, 3.05) is 19.6 Å². The normalized spacial score (nSPS) is 38.1. The molecule has 166 valence electrons. The number of hydrogen-bond donors (Lipinski definition) is 1. The summed E-state index contributed by atoms with van der Waals surface area (Å²) in [6.45, 7) is 6.83. The van der Waals surface area contributed by atoms with E-state index in [-0.39, 0.29) is 29.3 Å². The summed E-state index contributed by atoms with van der Waals surface area (Å²) in [6.07, 6.45) is 7.72. The fraction of sp³-hybridized carbons (Fsp3) is 0.577. The Hall–Kier alpha value is -1.62. The first-order valence-corrected chi connectivity index (χ1v) is 12.0. The van der Waals surface area contributed by atoms with E-state index in [2.05, 4.69) is 43.0 Å². The molecule has 1 saturated heterocycles. The lowest BCUT2D eigenvalue weighted by atomic mass is 9.55. The molecule has 0 amide bonds. The van der Waals surface area contributed by atoms with E-state index in [4.69, 9.17) is 16.3 Å². The molecule has 2 heterocycles. The second-order valence-corrected chi connectivity index (χ2v) is 10.5. The molecule has 0 unspecified atom stereocenters. The lowest BCUT2D eigenvalue weighted by Gasteiger charge is -2.52. The van der Waals surface area contributed by atoms with Gasteiger partial charge in [-0.3, -0.25) is 9.69 Å². The fourth-order valence-corrected chi connectivity index (χ4v) is 6.48. The standard InChI is InChI=1S/C26H32ClNO3/c1-16-4-3-5-19-14-22-23(24(29)26(16,19)2)21(25(30)31-22)15-28-12-10-18(11-13-28)17-6-8-20(27)9-7-17/h5-10,16,21-24,29H,3-4,11-15H2,1-2H3/t16-,21+,22-,23-,24+,26-/m1/s1. The Morgan fingerprint density at radius 3 is 2.74 bits per heavy atom. The molecule has 5 heteroatoms. The van der Waals surface area contributed by atoms with Crippen LogP contribution < -0.4 is 0 Å². The third-order valence-corrected chi connectivity index (χ3v) is 8.79. The smallest absolute Gasteiger partial charge is 0.311 e. The molecule has 0 aromatic heterocycles. The quantitative estimate of drug-likeness (QED) is 0.545. The summed E-state index contributed by atoms with van der Waals surface area (Å²) in [4.78, 5) is 15.2. The molecule has 1 N–H and O–H groups in total. The van der Waals surface area contributed by atoms with Crippen LogP contribution in [0.15, 0.2) is 42.0 Å². The molecule has 4 nitrogen and oxygen atoms in total. The van der Waals surface area contributed by atoms with Gasteiger partial charge in [0, 0.05) is 42.4 Å². The topological polar surface area (TPSA) is 49.8 Å². The number of aliphatic hydroxyl groups is 1. The zero-order valence-electron chi connectivity index (χ0n) is 18.4. The number of esters is 1. The summed E-state index contributed by atoms with van der Waals surface area (Å²) in [5.41, 5.74) is 3.60. The monoisotopic (exact) mass is 441 g/mol. The van der Waals surface area contributed by atoms with Gasteiger partial charge in [-0.15, -0.1) is 0 Å². The summed E-state index contributed by atoms with van der Waals surface area (Å²) in [5, 5.41) is 12.3. The number of carbonyl (C=O) groups excluding carboxylic acids is 1. The Kier molecular flexibility index (Phi) is 5.52. The Morgan fingerprint density at radius 1 is 1.26 bits per heavy atom. The first-order valence-electron chi connectivity index (χ1n) is 11.6. The van der Waals surface area contributed by atoms with Crippen LogP contribution >= 0.6 is 11.6 Å². The number of rotatable bonds is 3. The number of benzene rings is 1. The van der Waals surface area contributed by atoms with E-state index in [1.165, 1.54) is 16.7 Å². The first-order chi connectivity index (χ1) is 14.9. The Balaban J connectivity index is 1.31. The lowest BCUT2D eigenvalue weighted by Crippen LogP contribution is -2.54. The number of hydrogen-bond acceptors (Lipinski definition) is 4. The first kappa shape index (κ1) is 21.2. The number of fused-ring (bicyclic) bond motifs is 2. The van der Waals surface area contributed by atoms with Crippen molar-refractivity contribution in [3.8, 4) is 0 Å². The molecule has 2 fully saturated rings. The minimum Gasteiger partial charge on any atom is -0.461 e. The van der Waals surface area contributed by atoms with Gasteiger partial charge in [0.15, 0.2) is 0 Å². The maximum absolute atomic E-state index is 12.9. The van der Waals surface area contributed by atoms with Crippen LogP contribution in [-0.4, -0.2) is 47.8 Å². The SMILES string of the molecule is C[C@@H]1CCC=C2C[C@H]3OC(=O)[C@@H](CN4CC=C(c5ccc(Cl)cc5)CC4)[C@H]3[C@H](O)[C@@]21C. The van der Waals surface area contributed by atoms with Gasteiger partial charge in [0.2, 0.25) is 0 Å². The van der Waals surface area contributed by atoms with Gasteiger partial charge < -0.3 is 9.84 Å². The van der Waals surface area contributed by atoms with Crippen LogP contribution in [0.25, 0.3) is 5.57 Å². The number of aliphatic hydroxyl groups excluding tert-OH is 1. The van der Waals surface area contributed by atoms with Crippen LogP contribution in [-0.2, 0) is 9.53 Å². The van der Waals surface area contributed by atoms with E-state index in [9.17, 15) is 9.90 Å². The average Bonchev–Trinajstić information content (AvgIpc) is 3.07. The van der Waals surface area contributed by atoms with Gasteiger partial charge in [0.05, 0.1) is 12.0 Å². The second-order valence-electron chi connectivity index (χ2n) is 10.0. The third kappa shape index (κ3) is 3.57. The molecule has 1 saturated carbocycles. The highest BCUT2D eigenvalue weighted by atomic mass is 35.5. The van der Waals surface area contributed by atoms with Crippen LogP contribution in [0.4, 0.5) is 0 Å². The Bertz CT molecular complexity index is 923. The molecule has 0 spiro atoms. The minimum atomic E-state index is -0.533. The fourth-order valence-electron chi connectivity index (χ4n) is 6.36. The predicted octanol–water partition coefficient (Wildman–Crippen LogP) is 4.71. The van der Waals surface area contributed by atoms with Gasteiger partial charge in [-0.05, 0) is 48.4 Å². The van der Waals surface area contributed by atoms with Crippen molar-refractivity contribution in [3.05, 3.63) is 52.6 Å². The second kappa shape index (κ2) is 8.06. The van der Waals surface area contributed by atoms with Crippen molar-refractivity contribution in [1.82, 2.24) is 4.90 Å². The lowest BCUT2D eigenvalue weighted by molar-refractivity contribution is -0.145. The largest absolute Gasteiger partial charge is 0.461 e. The Labute approximate surface area is 189 Å². The number of carbonyl (C=O) groups is 1. The maximum atomic E-state index is 12.9. The van der Waals surface area contributed by atoms with E-state index in [1.807, 2.05) is 12.1 Å². The molecule has 2 aliphatic carbocycles. The molecular weight excluding hydrogens is 410 g/mol. The van der Waals surface area contributed by atoms with Crippen LogP contribution in [0.2, 0.25) is 5.02 Å². The van der Waals surface area contributed by atoms with Gasteiger partial charge >= 0.3 is 5.97 Å². The summed E-state index contributed by atoms with van der Waals surface area (Å²) in [7, 11) is 0. The number of halogens is 1. The highest BCUT2D eigenvalue weighted by molar-refractivity contribution is 6.30. The molecule has 1 aromatic rings. The van der Waals surface area contributed by atoms with Crippen LogP contribution in [0.3, 0.4) is 0 Å². The molecule has 0 radical (unpaired) electrons. The average molecular weight is 442 g/mol. The number of nitrogens with zero attached hydrogens (tertiary/aromatic N) is 1. The van der Waals surface area contributed by atoms with E-state index in [0.717, 1.165) is 43.8 Å².